The lowest BCUT2D eigenvalue weighted by molar-refractivity contribution is -0.0383. The van der Waals surface area contributed by atoms with Gasteiger partial charge in [0.05, 0.1) is 19.0 Å². The van der Waals surface area contributed by atoms with Crippen molar-refractivity contribution in [2.24, 2.45) is 0 Å². The third kappa shape index (κ3) is 5.74. The van der Waals surface area contributed by atoms with E-state index < -0.39 is 16.6 Å². The number of rotatable bonds is 7. The Morgan fingerprint density at radius 2 is 1.66 bits per heavy atom. The summed E-state index contributed by atoms with van der Waals surface area (Å²) >= 11 is 0. The van der Waals surface area contributed by atoms with E-state index in [2.05, 4.69) is 82.7 Å². The lowest BCUT2D eigenvalue weighted by atomic mass is 10.2. The van der Waals surface area contributed by atoms with Gasteiger partial charge in [0.25, 0.3) is 0 Å². The number of nitrogens with zero attached hydrogens (tertiary/aromatic N) is 5. The second-order valence-corrected chi connectivity index (χ2v) is 22.5. The van der Waals surface area contributed by atoms with E-state index in [-0.39, 0.29) is 34.5 Å². The Hall–Kier alpha value is -1.54. The predicted molar refractivity (Wildman–Crippen MR) is 148 cm³/mol. The highest BCUT2D eigenvalue weighted by Crippen LogP contribution is 2.43. The fourth-order valence-electron chi connectivity index (χ4n) is 3.65. The summed E-state index contributed by atoms with van der Waals surface area (Å²) in [6, 6.07) is 0. The molecule has 11 heteroatoms. The maximum atomic E-state index is 6.90. The van der Waals surface area contributed by atoms with Crippen LogP contribution in [0.2, 0.25) is 36.3 Å². The van der Waals surface area contributed by atoms with Crippen LogP contribution in [0, 0.1) is 0 Å². The molecule has 3 heterocycles. The molecule has 2 N–H and O–H groups in total. The van der Waals surface area contributed by atoms with Crippen molar-refractivity contribution >= 4 is 39.6 Å². The van der Waals surface area contributed by atoms with Crippen molar-refractivity contribution in [3.8, 4) is 0 Å². The van der Waals surface area contributed by atoms with Crippen molar-refractivity contribution in [2.75, 3.05) is 31.3 Å². The average Bonchev–Trinajstić information content (AvgIpc) is 3.27. The van der Waals surface area contributed by atoms with Gasteiger partial charge in [-0.25, -0.2) is 4.98 Å². The molecule has 0 unspecified atom stereocenters. The van der Waals surface area contributed by atoms with E-state index in [0.717, 1.165) is 0 Å². The molecule has 0 aliphatic carbocycles. The molecule has 0 saturated carbocycles. The van der Waals surface area contributed by atoms with Gasteiger partial charge in [0.1, 0.15) is 12.3 Å². The Morgan fingerprint density at radius 1 is 1.06 bits per heavy atom. The molecular formula is C24H46N6O3Si2. The number of nitrogen functional groups attached to an aromatic ring is 1. The van der Waals surface area contributed by atoms with Crippen LogP contribution in [0.1, 0.15) is 54.2 Å². The minimum atomic E-state index is -2.03. The van der Waals surface area contributed by atoms with Crippen LogP contribution in [0.15, 0.2) is 6.33 Å². The van der Waals surface area contributed by atoms with E-state index in [9.17, 15) is 0 Å². The quantitative estimate of drug-likeness (QED) is 0.497. The zero-order chi connectivity index (χ0) is 26.6. The van der Waals surface area contributed by atoms with Crippen molar-refractivity contribution < 1.29 is 13.6 Å². The third-order valence-corrected chi connectivity index (χ3v) is 17.0. The van der Waals surface area contributed by atoms with Gasteiger partial charge in [0.15, 0.2) is 33.6 Å². The van der Waals surface area contributed by atoms with Crippen LogP contribution in [0.4, 0.5) is 11.8 Å². The van der Waals surface area contributed by atoms with Gasteiger partial charge < -0.3 is 24.2 Å². The summed E-state index contributed by atoms with van der Waals surface area (Å²) in [6.45, 7) is 23.2. The van der Waals surface area contributed by atoms with Crippen molar-refractivity contribution in [2.45, 2.75) is 103 Å². The molecule has 1 fully saturated rings. The second kappa shape index (κ2) is 9.40. The summed E-state index contributed by atoms with van der Waals surface area (Å²) < 4.78 is 22.1. The first-order valence-electron chi connectivity index (χ1n) is 12.5. The molecule has 1 aliphatic heterocycles. The zero-order valence-corrected chi connectivity index (χ0v) is 25.8. The van der Waals surface area contributed by atoms with Gasteiger partial charge in [0.2, 0.25) is 5.95 Å². The first kappa shape index (κ1) is 28.0. The van der Waals surface area contributed by atoms with Crippen molar-refractivity contribution in [3.63, 3.8) is 0 Å². The highest BCUT2D eigenvalue weighted by atomic mass is 28.4. The first-order valence-corrected chi connectivity index (χ1v) is 18.3. The van der Waals surface area contributed by atoms with Crippen molar-refractivity contribution in [1.29, 1.82) is 0 Å². The molecule has 0 bridgehead atoms. The van der Waals surface area contributed by atoms with Gasteiger partial charge >= 0.3 is 0 Å². The largest absolute Gasteiger partial charge is 0.414 e. The Kier molecular flexibility index (Phi) is 7.53. The van der Waals surface area contributed by atoms with Crippen molar-refractivity contribution in [1.82, 2.24) is 19.5 Å². The second-order valence-electron chi connectivity index (χ2n) is 13.0. The topological polar surface area (TPSA) is 101 Å². The van der Waals surface area contributed by atoms with Crippen LogP contribution in [0.3, 0.4) is 0 Å². The molecule has 35 heavy (non-hydrogen) atoms. The molecule has 0 amide bonds. The predicted octanol–water partition coefficient (Wildman–Crippen LogP) is 5.17. The summed E-state index contributed by atoms with van der Waals surface area (Å²) in [5, 5.41) is 0.221. The van der Waals surface area contributed by atoms with E-state index >= 15 is 0 Å². The Morgan fingerprint density at radius 3 is 2.20 bits per heavy atom. The molecule has 1 saturated heterocycles. The van der Waals surface area contributed by atoms with Crippen LogP contribution >= 0.6 is 0 Å². The Labute approximate surface area is 213 Å². The van der Waals surface area contributed by atoms with Gasteiger partial charge in [0, 0.05) is 20.5 Å². The van der Waals surface area contributed by atoms with E-state index in [1.54, 1.807) is 6.33 Å². The Bertz CT molecular complexity index is 1040. The molecule has 3 rings (SSSR count). The average molecular weight is 523 g/mol. The smallest absolute Gasteiger partial charge is 0.224 e. The summed E-state index contributed by atoms with van der Waals surface area (Å²) in [5.74, 6) is 0.906. The number of fused-ring (bicyclic) bond motifs is 1. The third-order valence-electron chi connectivity index (χ3n) is 8.00. The number of imidazole rings is 1. The number of nitrogens with two attached hydrogens (primary N) is 1. The van der Waals surface area contributed by atoms with Crippen LogP contribution in [0.25, 0.3) is 11.2 Å². The van der Waals surface area contributed by atoms with Gasteiger partial charge in [-0.05, 0) is 36.3 Å². The SMILES string of the molecule is CN(C)c1nc(N)nc2c1ncn2[C@H]1C[C@H](O[Si](C)(C)C(C)(C)C)[C@@H](CO[Si](C)(C)C(C)(C)C)O1. The normalized spacial score (nSPS) is 22.2. The molecule has 0 radical (unpaired) electrons. The molecule has 2 aromatic rings. The molecule has 9 nitrogen and oxygen atoms in total. The minimum Gasteiger partial charge on any atom is -0.414 e. The van der Waals surface area contributed by atoms with Crippen LogP contribution in [0.5, 0.6) is 0 Å². The Balaban J connectivity index is 1.94. The van der Waals surface area contributed by atoms with E-state index in [1.165, 1.54) is 0 Å². The van der Waals surface area contributed by atoms with E-state index in [1.807, 2.05) is 23.6 Å². The molecule has 0 spiro atoms. The van der Waals surface area contributed by atoms with Crippen LogP contribution in [-0.2, 0) is 13.6 Å². The molecule has 2 aromatic heterocycles. The number of aromatic nitrogens is 4. The lowest BCUT2D eigenvalue weighted by Gasteiger charge is -2.40. The summed E-state index contributed by atoms with van der Waals surface area (Å²) in [5.41, 5.74) is 7.42. The molecule has 0 aromatic carbocycles. The van der Waals surface area contributed by atoms with Gasteiger partial charge in [-0.3, -0.25) is 4.57 Å². The molecule has 1 aliphatic rings. The molecule has 198 valence electrons. The summed E-state index contributed by atoms with van der Waals surface area (Å²) in [7, 11) is -0.128. The van der Waals surface area contributed by atoms with E-state index in [0.29, 0.717) is 30.0 Å². The lowest BCUT2D eigenvalue weighted by Crippen LogP contribution is -2.48. The van der Waals surface area contributed by atoms with Crippen molar-refractivity contribution in [3.05, 3.63) is 6.33 Å². The van der Waals surface area contributed by atoms with Gasteiger partial charge in [-0.1, -0.05) is 41.5 Å². The summed E-state index contributed by atoms with van der Waals surface area (Å²) in [6.07, 6.45) is 1.96. The standard InChI is InChI=1S/C24H46N6O3Si2/c1-23(2,3)34(9,10)31-14-17-16(33-35(11,12)24(4,5)6)13-18(32-17)30-15-26-19-20(29(7)8)27-22(25)28-21(19)30/h15-18H,13-14H2,1-12H3,(H2,25,27,28)/t16-,17+,18+/m0/s1. The number of hydrogen-bond acceptors (Lipinski definition) is 8. The summed E-state index contributed by atoms with van der Waals surface area (Å²) in [4.78, 5) is 15.4. The highest BCUT2D eigenvalue weighted by molar-refractivity contribution is 6.74. The molecular weight excluding hydrogens is 476 g/mol. The van der Waals surface area contributed by atoms with Gasteiger partial charge in [-0.15, -0.1) is 0 Å². The molecule has 3 atom stereocenters. The zero-order valence-electron chi connectivity index (χ0n) is 23.8. The number of hydrogen-bond donors (Lipinski definition) is 1. The highest BCUT2D eigenvalue weighted by Gasteiger charge is 2.47. The number of anilines is 2. The number of ether oxygens (including phenoxy) is 1. The monoisotopic (exact) mass is 522 g/mol. The van der Waals surface area contributed by atoms with Crippen LogP contribution in [-0.4, -0.2) is 69.1 Å². The first-order chi connectivity index (χ1) is 15.8. The maximum absolute atomic E-state index is 6.90. The fourth-order valence-corrected chi connectivity index (χ4v) is 6.02. The maximum Gasteiger partial charge on any atom is 0.224 e. The van der Waals surface area contributed by atoms with Crippen LogP contribution < -0.4 is 10.6 Å². The van der Waals surface area contributed by atoms with E-state index in [4.69, 9.17) is 19.3 Å². The fraction of sp³-hybridized carbons (Fsp3) is 0.792. The minimum absolute atomic E-state index is 0.0735. The van der Waals surface area contributed by atoms with Gasteiger partial charge in [-0.2, -0.15) is 9.97 Å².